The molecule has 7 nitrogen and oxygen atoms in total. The molecular formula is C18H19FN6O. The predicted molar refractivity (Wildman–Crippen MR) is 96.9 cm³/mol. The number of ketones is 1. The molecule has 3 aromatic rings. The summed E-state index contributed by atoms with van der Waals surface area (Å²) >= 11 is 0. The standard InChI is InChI=1S/C18H19FN6O/c1-3-25-11-15(10-21-25)22-17-8-16(18(12(2)26)24-23-17)20-9-13-5-4-6-14(19)7-13/h4-8,10-11H,3,9H2,1-2H3,(H2,20,22,23). The molecule has 3 rings (SSSR count). The first-order chi connectivity index (χ1) is 12.5. The Bertz CT molecular complexity index is 924. The van der Waals surface area contributed by atoms with Crippen molar-refractivity contribution in [3.8, 4) is 0 Å². The van der Waals surface area contributed by atoms with Crippen LogP contribution in [0.4, 0.5) is 21.6 Å². The summed E-state index contributed by atoms with van der Waals surface area (Å²) < 4.78 is 15.1. The van der Waals surface area contributed by atoms with Crippen molar-refractivity contribution in [3.63, 3.8) is 0 Å². The van der Waals surface area contributed by atoms with E-state index in [0.29, 0.717) is 18.1 Å². The zero-order valence-corrected chi connectivity index (χ0v) is 14.5. The first kappa shape index (κ1) is 17.5. The van der Waals surface area contributed by atoms with Gasteiger partial charge < -0.3 is 10.6 Å². The Balaban J connectivity index is 1.80. The number of rotatable bonds is 7. The average molecular weight is 354 g/mol. The number of Topliss-reactive ketones (excluding diaryl/α,β-unsaturated/α-hetero) is 1. The zero-order chi connectivity index (χ0) is 18.5. The largest absolute Gasteiger partial charge is 0.379 e. The number of nitrogens with one attached hydrogen (secondary N) is 2. The van der Waals surface area contributed by atoms with E-state index in [1.807, 2.05) is 13.1 Å². The van der Waals surface area contributed by atoms with Crippen LogP contribution in [-0.4, -0.2) is 25.8 Å². The number of hydrogen-bond donors (Lipinski definition) is 2. The fourth-order valence-electron chi connectivity index (χ4n) is 2.44. The van der Waals surface area contributed by atoms with E-state index in [-0.39, 0.29) is 17.3 Å². The molecule has 8 heteroatoms. The maximum Gasteiger partial charge on any atom is 0.182 e. The van der Waals surface area contributed by atoms with Gasteiger partial charge in [-0.15, -0.1) is 10.2 Å². The third-order valence-electron chi connectivity index (χ3n) is 3.73. The van der Waals surface area contributed by atoms with Gasteiger partial charge in [0.2, 0.25) is 0 Å². The van der Waals surface area contributed by atoms with Crippen molar-refractivity contribution >= 4 is 23.0 Å². The van der Waals surface area contributed by atoms with Gasteiger partial charge >= 0.3 is 0 Å². The van der Waals surface area contributed by atoms with Crippen molar-refractivity contribution < 1.29 is 9.18 Å². The second kappa shape index (κ2) is 7.73. The number of halogens is 1. The summed E-state index contributed by atoms with van der Waals surface area (Å²) in [6, 6.07) is 7.97. The van der Waals surface area contributed by atoms with Gasteiger partial charge in [0.1, 0.15) is 5.82 Å². The van der Waals surface area contributed by atoms with Gasteiger partial charge in [0.05, 0.1) is 17.6 Å². The van der Waals surface area contributed by atoms with Crippen LogP contribution in [0, 0.1) is 5.82 Å². The maximum atomic E-state index is 13.3. The molecule has 0 aliphatic carbocycles. The summed E-state index contributed by atoms with van der Waals surface area (Å²) in [7, 11) is 0. The van der Waals surface area contributed by atoms with Gasteiger partial charge in [0, 0.05) is 32.3 Å². The summed E-state index contributed by atoms with van der Waals surface area (Å²) in [6.07, 6.45) is 3.53. The van der Waals surface area contributed by atoms with Gasteiger partial charge in [-0.1, -0.05) is 12.1 Å². The van der Waals surface area contributed by atoms with E-state index in [4.69, 9.17) is 0 Å². The van der Waals surface area contributed by atoms with E-state index >= 15 is 0 Å². The highest BCUT2D eigenvalue weighted by Crippen LogP contribution is 2.21. The SMILES string of the molecule is CCn1cc(Nc2cc(NCc3cccc(F)c3)c(C(C)=O)nn2)cn1. The first-order valence-corrected chi connectivity index (χ1v) is 8.21. The lowest BCUT2D eigenvalue weighted by Gasteiger charge is -2.11. The molecule has 0 atom stereocenters. The Morgan fingerprint density at radius 2 is 2.12 bits per heavy atom. The molecular weight excluding hydrogens is 335 g/mol. The van der Waals surface area contributed by atoms with Crippen LogP contribution in [0.5, 0.6) is 0 Å². The third kappa shape index (κ3) is 4.21. The van der Waals surface area contributed by atoms with Gasteiger partial charge in [-0.3, -0.25) is 9.48 Å². The van der Waals surface area contributed by atoms with Crippen LogP contribution in [0.25, 0.3) is 0 Å². The van der Waals surface area contributed by atoms with Crippen molar-refractivity contribution in [2.24, 2.45) is 0 Å². The fourth-order valence-corrected chi connectivity index (χ4v) is 2.44. The molecule has 0 fully saturated rings. The highest BCUT2D eigenvalue weighted by molar-refractivity contribution is 5.97. The van der Waals surface area contributed by atoms with E-state index in [1.165, 1.54) is 19.1 Å². The lowest BCUT2D eigenvalue weighted by molar-refractivity contribution is 0.101. The lowest BCUT2D eigenvalue weighted by atomic mass is 10.2. The maximum absolute atomic E-state index is 13.3. The topological polar surface area (TPSA) is 84.7 Å². The summed E-state index contributed by atoms with van der Waals surface area (Å²) in [6.45, 7) is 4.54. The first-order valence-electron chi connectivity index (χ1n) is 8.21. The second-order valence-corrected chi connectivity index (χ2v) is 5.74. The molecule has 0 radical (unpaired) electrons. The van der Waals surface area contributed by atoms with Gasteiger partial charge in [0.15, 0.2) is 17.3 Å². The van der Waals surface area contributed by atoms with E-state index in [9.17, 15) is 9.18 Å². The van der Waals surface area contributed by atoms with Crippen molar-refractivity contribution in [1.29, 1.82) is 0 Å². The summed E-state index contributed by atoms with van der Waals surface area (Å²) in [5.74, 6) is -0.0313. The number of nitrogens with zero attached hydrogens (tertiary/aromatic N) is 4. The highest BCUT2D eigenvalue weighted by atomic mass is 19.1. The number of carbonyl (C=O) groups is 1. The quantitative estimate of drug-likeness (QED) is 0.633. The van der Waals surface area contributed by atoms with E-state index in [2.05, 4.69) is 25.9 Å². The highest BCUT2D eigenvalue weighted by Gasteiger charge is 2.12. The number of benzene rings is 1. The van der Waals surface area contributed by atoms with Crippen LogP contribution in [0.1, 0.15) is 29.9 Å². The van der Waals surface area contributed by atoms with Crippen molar-refractivity contribution in [1.82, 2.24) is 20.0 Å². The molecule has 0 saturated carbocycles. The van der Waals surface area contributed by atoms with Crippen molar-refractivity contribution in [2.45, 2.75) is 26.9 Å². The summed E-state index contributed by atoms with van der Waals surface area (Å²) in [4.78, 5) is 11.8. The zero-order valence-electron chi connectivity index (χ0n) is 14.5. The molecule has 2 heterocycles. The van der Waals surface area contributed by atoms with Crippen LogP contribution in [0.3, 0.4) is 0 Å². The van der Waals surface area contributed by atoms with E-state index in [0.717, 1.165) is 17.8 Å². The van der Waals surface area contributed by atoms with Gasteiger partial charge in [-0.05, 0) is 24.6 Å². The number of anilines is 3. The number of carbonyl (C=O) groups excluding carboxylic acids is 1. The van der Waals surface area contributed by atoms with Crippen LogP contribution in [0.15, 0.2) is 42.7 Å². The number of aryl methyl sites for hydroxylation is 1. The fraction of sp³-hybridized carbons (Fsp3) is 0.222. The predicted octanol–water partition coefficient (Wildman–Crippen LogP) is 3.39. The summed E-state index contributed by atoms with van der Waals surface area (Å²) in [5.41, 5.74) is 2.29. The summed E-state index contributed by atoms with van der Waals surface area (Å²) in [5, 5.41) is 18.5. The number of aromatic nitrogens is 4. The molecule has 2 N–H and O–H groups in total. The van der Waals surface area contributed by atoms with Gasteiger partial charge in [-0.25, -0.2) is 4.39 Å². The van der Waals surface area contributed by atoms with Crippen molar-refractivity contribution in [2.75, 3.05) is 10.6 Å². The molecule has 0 spiro atoms. The second-order valence-electron chi connectivity index (χ2n) is 5.74. The Morgan fingerprint density at radius 1 is 1.27 bits per heavy atom. The Morgan fingerprint density at radius 3 is 2.81 bits per heavy atom. The molecule has 0 bridgehead atoms. The minimum Gasteiger partial charge on any atom is -0.379 e. The lowest BCUT2D eigenvalue weighted by Crippen LogP contribution is -2.10. The minimum atomic E-state index is -0.306. The molecule has 134 valence electrons. The smallest absolute Gasteiger partial charge is 0.182 e. The number of hydrogen-bond acceptors (Lipinski definition) is 6. The van der Waals surface area contributed by atoms with Gasteiger partial charge in [-0.2, -0.15) is 5.10 Å². The Kier molecular flexibility index (Phi) is 5.21. The molecule has 1 aromatic carbocycles. The molecule has 0 aliphatic rings. The molecule has 0 saturated heterocycles. The monoisotopic (exact) mass is 354 g/mol. The third-order valence-corrected chi connectivity index (χ3v) is 3.73. The van der Waals surface area contributed by atoms with Crippen LogP contribution in [0.2, 0.25) is 0 Å². The molecule has 26 heavy (non-hydrogen) atoms. The Hall–Kier alpha value is -3.29. The molecule has 2 aromatic heterocycles. The minimum absolute atomic E-state index is 0.204. The molecule has 0 amide bonds. The van der Waals surface area contributed by atoms with Crippen molar-refractivity contribution in [3.05, 3.63) is 59.8 Å². The normalized spacial score (nSPS) is 10.6. The van der Waals surface area contributed by atoms with E-state index < -0.39 is 0 Å². The molecule has 0 aliphatic heterocycles. The Labute approximate surface area is 150 Å². The van der Waals surface area contributed by atoms with E-state index in [1.54, 1.807) is 29.1 Å². The van der Waals surface area contributed by atoms with Crippen LogP contribution in [-0.2, 0) is 13.1 Å². The molecule has 0 unspecified atom stereocenters. The van der Waals surface area contributed by atoms with Crippen LogP contribution < -0.4 is 10.6 Å². The van der Waals surface area contributed by atoms with Gasteiger partial charge in [0.25, 0.3) is 0 Å². The average Bonchev–Trinajstić information content (AvgIpc) is 3.07. The van der Waals surface area contributed by atoms with Crippen LogP contribution >= 0.6 is 0 Å².